The van der Waals surface area contributed by atoms with Gasteiger partial charge in [0.25, 0.3) is 5.91 Å². The van der Waals surface area contributed by atoms with Gasteiger partial charge in [-0.05, 0) is 81.2 Å². The monoisotopic (exact) mass is 368 g/mol. The van der Waals surface area contributed by atoms with E-state index in [1.807, 2.05) is 12.1 Å². The van der Waals surface area contributed by atoms with Crippen LogP contribution in [0.1, 0.15) is 35.2 Å². The summed E-state index contributed by atoms with van der Waals surface area (Å²) in [6.07, 6.45) is 4.93. The minimum absolute atomic E-state index is 0.169. The number of carbonyl (C=O) groups excluding carboxylic acids is 1. The van der Waals surface area contributed by atoms with Gasteiger partial charge in [-0.3, -0.25) is 4.79 Å². The molecule has 144 valence electrons. The molecule has 1 aliphatic heterocycles. The number of likely N-dealkylation sites (tertiary alicyclic amines) is 1. The van der Waals surface area contributed by atoms with Crippen LogP contribution in [0.2, 0.25) is 0 Å². The standard InChI is InChI=1S/C22H28N2O3/c1-26-20-12-9-18(16-21(20)27-2)22(25)23-19-10-7-17(8-11-19)6-5-15-24-13-3-4-14-24/h7-12,16H,3-6,13-15H2,1-2H3,(H,23,25). The van der Waals surface area contributed by atoms with Crippen molar-refractivity contribution in [3.63, 3.8) is 0 Å². The van der Waals surface area contributed by atoms with E-state index in [0.717, 1.165) is 12.1 Å². The number of carbonyl (C=O) groups is 1. The summed E-state index contributed by atoms with van der Waals surface area (Å²) in [6, 6.07) is 13.2. The zero-order valence-electron chi connectivity index (χ0n) is 16.2. The number of nitrogens with one attached hydrogen (secondary N) is 1. The molecule has 5 nitrogen and oxygen atoms in total. The molecule has 0 saturated carbocycles. The predicted molar refractivity (Wildman–Crippen MR) is 108 cm³/mol. The topological polar surface area (TPSA) is 50.8 Å². The number of benzene rings is 2. The van der Waals surface area contributed by atoms with Gasteiger partial charge in [0.05, 0.1) is 14.2 Å². The van der Waals surface area contributed by atoms with Crippen LogP contribution >= 0.6 is 0 Å². The van der Waals surface area contributed by atoms with Crippen molar-refractivity contribution in [1.82, 2.24) is 4.90 Å². The molecule has 1 fully saturated rings. The molecule has 0 aromatic heterocycles. The van der Waals surface area contributed by atoms with Crippen molar-refractivity contribution in [3.05, 3.63) is 53.6 Å². The highest BCUT2D eigenvalue weighted by molar-refractivity contribution is 6.04. The van der Waals surface area contributed by atoms with Crippen molar-refractivity contribution in [1.29, 1.82) is 0 Å². The summed E-state index contributed by atoms with van der Waals surface area (Å²) < 4.78 is 10.5. The number of rotatable bonds is 8. The van der Waals surface area contributed by atoms with Crippen molar-refractivity contribution in [2.24, 2.45) is 0 Å². The fraction of sp³-hybridized carbons (Fsp3) is 0.409. The maximum absolute atomic E-state index is 12.5. The Labute approximate surface area is 161 Å². The van der Waals surface area contributed by atoms with Gasteiger partial charge in [0, 0.05) is 11.3 Å². The molecule has 0 aliphatic carbocycles. The van der Waals surface area contributed by atoms with E-state index >= 15 is 0 Å². The molecular formula is C22H28N2O3. The highest BCUT2D eigenvalue weighted by atomic mass is 16.5. The first-order valence-electron chi connectivity index (χ1n) is 9.54. The van der Waals surface area contributed by atoms with Crippen LogP contribution in [0, 0.1) is 0 Å². The molecule has 2 aromatic rings. The highest BCUT2D eigenvalue weighted by Gasteiger charge is 2.12. The van der Waals surface area contributed by atoms with E-state index in [0.29, 0.717) is 17.1 Å². The van der Waals surface area contributed by atoms with Gasteiger partial charge < -0.3 is 19.7 Å². The number of ether oxygens (including phenoxy) is 2. The molecule has 1 heterocycles. The molecule has 5 heteroatoms. The van der Waals surface area contributed by atoms with Crippen molar-refractivity contribution < 1.29 is 14.3 Å². The SMILES string of the molecule is COc1ccc(C(=O)Nc2ccc(CCCN3CCCC3)cc2)cc1OC. The van der Waals surface area contributed by atoms with Crippen LogP contribution in [0.4, 0.5) is 5.69 Å². The lowest BCUT2D eigenvalue weighted by Gasteiger charge is -2.14. The second-order valence-electron chi connectivity index (χ2n) is 6.87. The quantitative estimate of drug-likeness (QED) is 0.766. The number of methoxy groups -OCH3 is 2. The van der Waals surface area contributed by atoms with Gasteiger partial charge in [-0.25, -0.2) is 0 Å². The molecular weight excluding hydrogens is 340 g/mol. The van der Waals surface area contributed by atoms with E-state index in [4.69, 9.17) is 9.47 Å². The zero-order chi connectivity index (χ0) is 19.1. The number of nitrogens with zero attached hydrogens (tertiary/aromatic N) is 1. The molecule has 0 spiro atoms. The number of hydrogen-bond donors (Lipinski definition) is 1. The third-order valence-corrected chi connectivity index (χ3v) is 5.00. The van der Waals surface area contributed by atoms with Gasteiger partial charge in [-0.1, -0.05) is 12.1 Å². The Morgan fingerprint density at radius 2 is 1.70 bits per heavy atom. The Morgan fingerprint density at radius 3 is 2.37 bits per heavy atom. The normalized spacial score (nSPS) is 14.1. The largest absolute Gasteiger partial charge is 0.493 e. The molecule has 1 N–H and O–H groups in total. The maximum Gasteiger partial charge on any atom is 0.255 e. The van der Waals surface area contributed by atoms with E-state index in [1.165, 1.54) is 44.5 Å². The Balaban J connectivity index is 1.53. The maximum atomic E-state index is 12.5. The van der Waals surface area contributed by atoms with E-state index < -0.39 is 0 Å². The van der Waals surface area contributed by atoms with Crippen LogP contribution < -0.4 is 14.8 Å². The lowest BCUT2D eigenvalue weighted by atomic mass is 10.1. The third-order valence-electron chi connectivity index (χ3n) is 5.00. The van der Waals surface area contributed by atoms with E-state index in [1.54, 1.807) is 32.4 Å². The van der Waals surface area contributed by atoms with Crippen LogP contribution in [0.25, 0.3) is 0 Å². The molecule has 0 unspecified atom stereocenters. The summed E-state index contributed by atoms with van der Waals surface area (Å²) in [7, 11) is 3.13. The molecule has 1 amide bonds. The first kappa shape index (κ1) is 19.2. The van der Waals surface area contributed by atoms with Gasteiger partial charge >= 0.3 is 0 Å². The summed E-state index contributed by atoms with van der Waals surface area (Å²) in [5.41, 5.74) is 2.62. The minimum Gasteiger partial charge on any atom is -0.493 e. The summed E-state index contributed by atoms with van der Waals surface area (Å²) in [5, 5.41) is 2.93. The lowest BCUT2D eigenvalue weighted by Crippen LogP contribution is -2.20. The summed E-state index contributed by atoms with van der Waals surface area (Å²) >= 11 is 0. The van der Waals surface area contributed by atoms with Crippen molar-refractivity contribution in [2.75, 3.05) is 39.2 Å². The second-order valence-corrected chi connectivity index (χ2v) is 6.87. The molecule has 3 rings (SSSR count). The van der Waals surface area contributed by atoms with Crippen LogP contribution in [-0.4, -0.2) is 44.7 Å². The molecule has 1 aliphatic rings. The minimum atomic E-state index is -0.169. The van der Waals surface area contributed by atoms with Gasteiger partial charge in [-0.2, -0.15) is 0 Å². The Bertz CT molecular complexity index is 753. The number of aryl methyl sites for hydroxylation is 1. The number of hydrogen-bond acceptors (Lipinski definition) is 4. The van der Waals surface area contributed by atoms with Crippen LogP contribution in [0.15, 0.2) is 42.5 Å². The molecule has 2 aromatic carbocycles. The molecule has 0 bridgehead atoms. The fourth-order valence-corrected chi connectivity index (χ4v) is 3.45. The molecule has 27 heavy (non-hydrogen) atoms. The highest BCUT2D eigenvalue weighted by Crippen LogP contribution is 2.28. The molecule has 0 atom stereocenters. The van der Waals surface area contributed by atoms with Crippen LogP contribution in [0.3, 0.4) is 0 Å². The average molecular weight is 368 g/mol. The third kappa shape index (κ3) is 5.23. The van der Waals surface area contributed by atoms with Gasteiger partial charge in [0.15, 0.2) is 11.5 Å². The Hall–Kier alpha value is -2.53. The first-order valence-corrected chi connectivity index (χ1v) is 9.54. The average Bonchev–Trinajstić information content (AvgIpc) is 3.22. The molecule has 0 radical (unpaired) electrons. The number of amides is 1. The van der Waals surface area contributed by atoms with Crippen LogP contribution in [-0.2, 0) is 6.42 Å². The predicted octanol–water partition coefficient (Wildman–Crippen LogP) is 3.98. The summed E-state index contributed by atoms with van der Waals surface area (Å²) in [6.45, 7) is 3.68. The van der Waals surface area contributed by atoms with Crippen molar-refractivity contribution in [2.45, 2.75) is 25.7 Å². The van der Waals surface area contributed by atoms with Crippen molar-refractivity contribution >= 4 is 11.6 Å². The lowest BCUT2D eigenvalue weighted by molar-refractivity contribution is 0.102. The Kier molecular flexibility index (Phi) is 6.71. The van der Waals surface area contributed by atoms with Gasteiger partial charge in [0.2, 0.25) is 0 Å². The van der Waals surface area contributed by atoms with E-state index in [2.05, 4.69) is 22.3 Å². The fourth-order valence-electron chi connectivity index (χ4n) is 3.45. The van der Waals surface area contributed by atoms with E-state index in [-0.39, 0.29) is 5.91 Å². The van der Waals surface area contributed by atoms with Gasteiger partial charge in [0.1, 0.15) is 0 Å². The summed E-state index contributed by atoms with van der Waals surface area (Å²) in [4.78, 5) is 15.0. The Morgan fingerprint density at radius 1 is 1.00 bits per heavy atom. The first-order chi connectivity index (χ1) is 13.2. The van der Waals surface area contributed by atoms with Gasteiger partial charge in [-0.15, -0.1) is 0 Å². The zero-order valence-corrected chi connectivity index (χ0v) is 16.2. The van der Waals surface area contributed by atoms with E-state index in [9.17, 15) is 4.79 Å². The van der Waals surface area contributed by atoms with Crippen LogP contribution in [0.5, 0.6) is 11.5 Å². The smallest absolute Gasteiger partial charge is 0.255 e. The second kappa shape index (κ2) is 9.42. The van der Waals surface area contributed by atoms with Crippen molar-refractivity contribution in [3.8, 4) is 11.5 Å². The summed E-state index contributed by atoms with van der Waals surface area (Å²) in [5.74, 6) is 0.976. The molecule has 1 saturated heterocycles. The number of anilines is 1.